The van der Waals surface area contributed by atoms with Crippen molar-refractivity contribution in [3.63, 3.8) is 0 Å². The summed E-state index contributed by atoms with van der Waals surface area (Å²) in [7, 11) is 0. The van der Waals surface area contributed by atoms with Crippen molar-refractivity contribution in [2.45, 2.75) is 26.2 Å². The van der Waals surface area contributed by atoms with Crippen LogP contribution in [0.3, 0.4) is 0 Å². The Morgan fingerprint density at radius 3 is 2.94 bits per heavy atom. The van der Waals surface area contributed by atoms with Gasteiger partial charge in [-0.2, -0.15) is 0 Å². The molecule has 1 atom stereocenters. The summed E-state index contributed by atoms with van der Waals surface area (Å²) >= 11 is 0. The predicted octanol–water partition coefficient (Wildman–Crippen LogP) is 2.33. The first-order valence-corrected chi connectivity index (χ1v) is 5.98. The molecule has 1 saturated heterocycles. The Kier molecular flexibility index (Phi) is 3.62. The number of hydrogen-bond acceptors (Lipinski definition) is 2. The minimum absolute atomic E-state index is 0.0496. The van der Waals surface area contributed by atoms with E-state index < -0.39 is 0 Å². The van der Waals surface area contributed by atoms with Crippen LogP contribution in [0.15, 0.2) is 24.3 Å². The van der Waals surface area contributed by atoms with E-state index in [1.165, 1.54) is 11.1 Å². The lowest BCUT2D eigenvalue weighted by Gasteiger charge is -2.35. The maximum Gasteiger partial charge on any atom is 0.0547 e. The molecule has 0 amide bonds. The van der Waals surface area contributed by atoms with E-state index in [9.17, 15) is 5.11 Å². The van der Waals surface area contributed by atoms with Crippen molar-refractivity contribution in [2.24, 2.45) is 5.41 Å². The van der Waals surface area contributed by atoms with Crippen molar-refractivity contribution in [2.75, 3.05) is 19.8 Å². The molecular weight excluding hydrogens is 200 g/mol. The molecule has 2 heteroatoms. The highest BCUT2D eigenvalue weighted by molar-refractivity contribution is 5.23. The fraction of sp³-hybridized carbons (Fsp3) is 0.571. The lowest BCUT2D eigenvalue weighted by atomic mass is 9.78. The Bertz CT molecular complexity index is 340. The normalized spacial score (nSPS) is 25.6. The highest BCUT2D eigenvalue weighted by Crippen LogP contribution is 2.32. The minimum Gasteiger partial charge on any atom is -0.396 e. The van der Waals surface area contributed by atoms with Crippen molar-refractivity contribution in [1.29, 1.82) is 0 Å². The Balaban J connectivity index is 2.11. The van der Waals surface area contributed by atoms with Gasteiger partial charge in [-0.1, -0.05) is 29.8 Å². The maximum atomic E-state index is 9.59. The number of ether oxygens (including phenoxy) is 1. The Hall–Kier alpha value is -0.860. The fourth-order valence-electron chi connectivity index (χ4n) is 2.49. The Morgan fingerprint density at radius 2 is 2.31 bits per heavy atom. The quantitative estimate of drug-likeness (QED) is 0.847. The van der Waals surface area contributed by atoms with Gasteiger partial charge in [-0.15, -0.1) is 0 Å². The van der Waals surface area contributed by atoms with Crippen LogP contribution < -0.4 is 0 Å². The number of hydrogen-bond donors (Lipinski definition) is 1. The number of rotatable bonds is 3. The van der Waals surface area contributed by atoms with E-state index in [0.29, 0.717) is 6.61 Å². The van der Waals surface area contributed by atoms with Crippen molar-refractivity contribution in [1.82, 2.24) is 0 Å². The molecule has 2 rings (SSSR count). The van der Waals surface area contributed by atoms with Gasteiger partial charge in [-0.25, -0.2) is 0 Å². The van der Waals surface area contributed by atoms with Gasteiger partial charge >= 0.3 is 0 Å². The van der Waals surface area contributed by atoms with E-state index in [1.807, 2.05) is 0 Å². The van der Waals surface area contributed by atoms with E-state index in [2.05, 4.69) is 31.2 Å². The first kappa shape index (κ1) is 11.6. The molecule has 0 saturated carbocycles. The third-order valence-electron chi connectivity index (χ3n) is 3.40. The molecule has 1 unspecified atom stereocenters. The van der Waals surface area contributed by atoms with Gasteiger partial charge in [0.05, 0.1) is 13.2 Å². The number of aryl methyl sites for hydroxylation is 1. The van der Waals surface area contributed by atoms with Crippen LogP contribution in [0.1, 0.15) is 24.0 Å². The summed E-state index contributed by atoms with van der Waals surface area (Å²) in [6.45, 7) is 3.86. The average Bonchev–Trinajstić information content (AvgIpc) is 2.30. The summed E-state index contributed by atoms with van der Waals surface area (Å²) in [5.41, 5.74) is 2.54. The third-order valence-corrected chi connectivity index (χ3v) is 3.40. The smallest absolute Gasteiger partial charge is 0.0547 e. The molecule has 1 N–H and O–H groups in total. The molecule has 16 heavy (non-hydrogen) atoms. The first-order valence-electron chi connectivity index (χ1n) is 5.98. The van der Waals surface area contributed by atoms with E-state index in [-0.39, 0.29) is 12.0 Å². The van der Waals surface area contributed by atoms with Crippen LogP contribution in [0.2, 0.25) is 0 Å². The molecule has 88 valence electrons. The summed E-state index contributed by atoms with van der Waals surface area (Å²) in [6.07, 6.45) is 3.05. The third kappa shape index (κ3) is 2.63. The maximum absolute atomic E-state index is 9.59. The predicted molar refractivity (Wildman–Crippen MR) is 64.5 cm³/mol. The molecule has 1 aliphatic rings. The molecule has 0 bridgehead atoms. The van der Waals surface area contributed by atoms with Gasteiger partial charge < -0.3 is 9.84 Å². The SMILES string of the molecule is Cc1cccc(CC2(CO)CCCOC2)c1. The number of aliphatic hydroxyl groups excluding tert-OH is 1. The summed E-state index contributed by atoms with van der Waals surface area (Å²) in [6, 6.07) is 8.52. The molecule has 1 aromatic rings. The minimum atomic E-state index is -0.0496. The van der Waals surface area contributed by atoms with Gasteiger partial charge in [0.15, 0.2) is 0 Å². The van der Waals surface area contributed by atoms with Crippen LogP contribution in [0, 0.1) is 12.3 Å². The van der Waals surface area contributed by atoms with Crippen LogP contribution in [-0.4, -0.2) is 24.9 Å². The monoisotopic (exact) mass is 220 g/mol. The first-order chi connectivity index (χ1) is 7.74. The van der Waals surface area contributed by atoms with Crippen LogP contribution in [0.4, 0.5) is 0 Å². The average molecular weight is 220 g/mol. The van der Waals surface area contributed by atoms with Gasteiger partial charge in [0, 0.05) is 12.0 Å². The van der Waals surface area contributed by atoms with E-state index in [4.69, 9.17) is 4.74 Å². The Morgan fingerprint density at radius 1 is 1.44 bits per heavy atom. The van der Waals surface area contributed by atoms with Crippen molar-refractivity contribution < 1.29 is 9.84 Å². The molecule has 2 nitrogen and oxygen atoms in total. The zero-order valence-electron chi connectivity index (χ0n) is 9.91. The summed E-state index contributed by atoms with van der Waals surface area (Å²) < 4.78 is 5.52. The van der Waals surface area contributed by atoms with Gasteiger partial charge in [-0.05, 0) is 31.7 Å². The molecule has 1 aliphatic heterocycles. The van der Waals surface area contributed by atoms with Crippen molar-refractivity contribution in [3.8, 4) is 0 Å². The van der Waals surface area contributed by atoms with Crippen LogP contribution >= 0.6 is 0 Å². The molecule has 0 aromatic heterocycles. The van der Waals surface area contributed by atoms with Crippen LogP contribution in [-0.2, 0) is 11.2 Å². The number of aliphatic hydroxyl groups is 1. The molecule has 0 spiro atoms. The molecule has 0 radical (unpaired) electrons. The largest absolute Gasteiger partial charge is 0.396 e. The highest BCUT2D eigenvalue weighted by atomic mass is 16.5. The Labute approximate surface area is 97.3 Å². The molecule has 0 aliphatic carbocycles. The fourth-order valence-corrected chi connectivity index (χ4v) is 2.49. The zero-order chi connectivity index (χ0) is 11.4. The summed E-state index contributed by atoms with van der Waals surface area (Å²) in [5.74, 6) is 0. The van der Waals surface area contributed by atoms with Crippen molar-refractivity contribution in [3.05, 3.63) is 35.4 Å². The molecule has 1 aromatic carbocycles. The molecule has 1 heterocycles. The molecular formula is C14H20O2. The van der Waals surface area contributed by atoms with Crippen molar-refractivity contribution >= 4 is 0 Å². The van der Waals surface area contributed by atoms with Gasteiger partial charge in [0.1, 0.15) is 0 Å². The van der Waals surface area contributed by atoms with Crippen LogP contribution in [0.5, 0.6) is 0 Å². The van der Waals surface area contributed by atoms with E-state index >= 15 is 0 Å². The van der Waals surface area contributed by atoms with Gasteiger partial charge in [0.25, 0.3) is 0 Å². The van der Waals surface area contributed by atoms with Crippen LogP contribution in [0.25, 0.3) is 0 Å². The number of benzene rings is 1. The second kappa shape index (κ2) is 4.98. The van der Waals surface area contributed by atoms with E-state index in [1.54, 1.807) is 0 Å². The second-order valence-electron chi connectivity index (χ2n) is 4.98. The lowest BCUT2D eigenvalue weighted by Crippen LogP contribution is -2.37. The topological polar surface area (TPSA) is 29.5 Å². The zero-order valence-corrected chi connectivity index (χ0v) is 9.91. The molecule has 1 fully saturated rings. The summed E-state index contributed by atoms with van der Waals surface area (Å²) in [4.78, 5) is 0. The van der Waals surface area contributed by atoms with Gasteiger partial charge in [-0.3, -0.25) is 0 Å². The second-order valence-corrected chi connectivity index (χ2v) is 4.98. The van der Waals surface area contributed by atoms with Gasteiger partial charge in [0.2, 0.25) is 0 Å². The highest BCUT2D eigenvalue weighted by Gasteiger charge is 2.32. The van der Waals surface area contributed by atoms with E-state index in [0.717, 1.165) is 25.9 Å². The standard InChI is InChI=1S/C14H20O2/c1-12-4-2-5-13(8-12)9-14(10-15)6-3-7-16-11-14/h2,4-5,8,15H,3,6-7,9-11H2,1H3. The lowest BCUT2D eigenvalue weighted by molar-refractivity contribution is -0.0379. The summed E-state index contributed by atoms with van der Waals surface area (Å²) in [5, 5.41) is 9.59.